The summed E-state index contributed by atoms with van der Waals surface area (Å²) in [5, 5.41) is 0. The van der Waals surface area contributed by atoms with E-state index in [1.807, 2.05) is 0 Å². The highest BCUT2D eigenvalue weighted by Crippen LogP contribution is 1.84. The van der Waals surface area contributed by atoms with Gasteiger partial charge in [-0.2, -0.15) is 0 Å². The van der Waals surface area contributed by atoms with Crippen molar-refractivity contribution in [2.75, 3.05) is 6.61 Å². The Kier molecular flexibility index (Phi) is 3.91. The van der Waals surface area contributed by atoms with Gasteiger partial charge in [-0.1, -0.05) is 0 Å². The largest absolute Gasteiger partial charge is 0.518 e. The van der Waals surface area contributed by atoms with Gasteiger partial charge in [-0.15, -0.1) is 4.79 Å². The minimum absolute atomic E-state index is 0.140. The number of hydrogen-bond acceptors (Lipinski definition) is 3. The number of carbonyl (C=O) groups excluding carboxylic acids is 1. The molecule has 0 amide bonds. The van der Waals surface area contributed by atoms with Crippen molar-refractivity contribution in [2.24, 2.45) is 0 Å². The highest BCUT2D eigenvalue weighted by atomic mass is 16.7. The summed E-state index contributed by atoms with van der Waals surface area (Å²) < 4.78 is 8.64. The molecule has 0 aliphatic heterocycles. The second kappa shape index (κ2) is 4.52. The maximum absolute atomic E-state index is 10.4. The van der Waals surface area contributed by atoms with Crippen LogP contribution in [0.4, 0.5) is 4.79 Å². The van der Waals surface area contributed by atoms with Gasteiger partial charge < -0.3 is 15.0 Å². The predicted octanol–water partition coefficient (Wildman–Crippen LogP) is 0.808. The summed E-state index contributed by atoms with van der Waals surface area (Å²) in [6.45, 7) is 3.21. The molecule has 0 aliphatic carbocycles. The van der Waals surface area contributed by atoms with Gasteiger partial charge in [0.25, 0.3) is 0 Å². The van der Waals surface area contributed by atoms with Crippen LogP contribution in [0.15, 0.2) is 0 Å². The number of carbonyl (C=O) groups is 1. The topological polar surface area (TPSA) is 71.9 Å². The van der Waals surface area contributed by atoms with Crippen molar-refractivity contribution in [2.45, 2.75) is 13.8 Å². The Morgan fingerprint density at radius 1 is 1.70 bits per heavy atom. The summed E-state index contributed by atoms with van der Waals surface area (Å²) in [6.07, 6.45) is -0.863. The molecule has 0 aromatic heterocycles. The fourth-order valence-corrected chi connectivity index (χ4v) is 0.288. The summed E-state index contributed by atoms with van der Waals surface area (Å²) in [5.74, 6) is -0.140. The second-order valence-corrected chi connectivity index (χ2v) is 1.40. The fourth-order valence-electron chi connectivity index (χ4n) is 0.288. The van der Waals surface area contributed by atoms with Crippen LogP contribution in [0.2, 0.25) is 0 Å². The van der Waals surface area contributed by atoms with Crippen LogP contribution in [0.25, 0.3) is 5.53 Å². The Hall–Kier alpha value is -1.35. The Morgan fingerprint density at radius 3 is 2.70 bits per heavy atom. The van der Waals surface area contributed by atoms with E-state index >= 15 is 0 Å². The van der Waals surface area contributed by atoms with Gasteiger partial charge in [0, 0.05) is 0 Å². The van der Waals surface area contributed by atoms with E-state index in [2.05, 4.69) is 14.3 Å². The first kappa shape index (κ1) is 8.65. The number of rotatable bonds is 1. The first-order chi connectivity index (χ1) is 4.70. The SMILES string of the molecule is CCOC(=O)OC(C)=[N+]=[N-]. The van der Waals surface area contributed by atoms with Crippen LogP contribution >= 0.6 is 0 Å². The van der Waals surface area contributed by atoms with Crippen LogP contribution in [0.3, 0.4) is 0 Å². The van der Waals surface area contributed by atoms with Gasteiger partial charge >= 0.3 is 12.1 Å². The van der Waals surface area contributed by atoms with Crippen LogP contribution in [0.5, 0.6) is 0 Å². The van der Waals surface area contributed by atoms with Gasteiger partial charge in [-0.3, -0.25) is 0 Å². The molecular formula is C5H8N2O3. The lowest BCUT2D eigenvalue weighted by Crippen LogP contribution is -2.11. The van der Waals surface area contributed by atoms with Crippen molar-refractivity contribution in [3.05, 3.63) is 5.53 Å². The predicted molar refractivity (Wildman–Crippen MR) is 32.4 cm³/mol. The molecule has 56 valence electrons. The molecule has 0 radical (unpaired) electrons. The first-order valence-corrected chi connectivity index (χ1v) is 2.74. The van der Waals surface area contributed by atoms with Crippen molar-refractivity contribution < 1.29 is 19.1 Å². The highest BCUT2D eigenvalue weighted by Gasteiger charge is 2.08. The molecule has 0 N–H and O–H groups in total. The quantitative estimate of drug-likeness (QED) is 0.180. The Balaban J connectivity index is 3.69. The molecule has 0 unspecified atom stereocenters. The Labute approximate surface area is 58.2 Å². The van der Waals surface area contributed by atoms with E-state index < -0.39 is 6.16 Å². The summed E-state index contributed by atoms with van der Waals surface area (Å²) in [4.78, 5) is 13.0. The van der Waals surface area contributed by atoms with Crippen molar-refractivity contribution >= 4 is 12.1 Å². The molecule has 0 atom stereocenters. The zero-order valence-electron chi connectivity index (χ0n) is 5.83. The van der Waals surface area contributed by atoms with E-state index in [-0.39, 0.29) is 12.5 Å². The summed E-state index contributed by atoms with van der Waals surface area (Å²) in [7, 11) is 0. The maximum Gasteiger partial charge on any atom is 0.518 e. The zero-order valence-corrected chi connectivity index (χ0v) is 5.83. The molecule has 0 aromatic rings. The van der Waals surface area contributed by atoms with Crippen LogP contribution in [-0.2, 0) is 9.47 Å². The standard InChI is InChI=1S/C5H8N2O3/c1-3-9-5(8)10-4(2)7-6/h3H2,1-2H3. The van der Waals surface area contributed by atoms with Gasteiger partial charge in [0.1, 0.15) is 0 Å². The Morgan fingerprint density at radius 2 is 2.30 bits per heavy atom. The smallest absolute Gasteiger partial charge is 0.434 e. The van der Waals surface area contributed by atoms with E-state index in [1.54, 1.807) is 6.92 Å². The molecule has 0 aromatic carbocycles. The van der Waals surface area contributed by atoms with E-state index in [0.717, 1.165) is 0 Å². The minimum Gasteiger partial charge on any atom is -0.434 e. The number of nitrogens with zero attached hydrogens (tertiary/aromatic N) is 2. The maximum atomic E-state index is 10.4. The third-order valence-electron chi connectivity index (χ3n) is 0.634. The zero-order chi connectivity index (χ0) is 7.98. The van der Waals surface area contributed by atoms with E-state index in [0.29, 0.717) is 0 Å². The third kappa shape index (κ3) is 3.63. The number of ether oxygens (including phenoxy) is 2. The normalized spacial score (nSPS) is 7.80. The van der Waals surface area contributed by atoms with Gasteiger partial charge in [0.15, 0.2) is 0 Å². The molecule has 0 saturated carbocycles. The molecule has 0 spiro atoms. The monoisotopic (exact) mass is 144 g/mol. The summed E-state index contributed by atoms with van der Waals surface area (Å²) in [5.41, 5.74) is 8.01. The molecule has 0 bridgehead atoms. The van der Waals surface area contributed by atoms with Crippen LogP contribution in [0, 0.1) is 0 Å². The van der Waals surface area contributed by atoms with E-state index in [4.69, 9.17) is 5.53 Å². The van der Waals surface area contributed by atoms with Crippen LogP contribution < -0.4 is 0 Å². The Bertz CT molecular complexity index is 172. The lowest BCUT2D eigenvalue weighted by Gasteiger charge is -1.95. The first-order valence-electron chi connectivity index (χ1n) is 2.74. The van der Waals surface area contributed by atoms with Crippen molar-refractivity contribution in [3.63, 3.8) is 0 Å². The lowest BCUT2D eigenvalue weighted by atomic mass is 10.8. The lowest BCUT2D eigenvalue weighted by molar-refractivity contribution is -0.0389. The molecule has 0 saturated heterocycles. The van der Waals surface area contributed by atoms with Crippen LogP contribution in [-0.4, -0.2) is 23.4 Å². The molecule has 0 aliphatic rings. The van der Waals surface area contributed by atoms with Gasteiger partial charge in [0.2, 0.25) is 0 Å². The minimum atomic E-state index is -0.863. The van der Waals surface area contributed by atoms with Gasteiger partial charge in [-0.25, -0.2) is 4.79 Å². The average molecular weight is 144 g/mol. The number of hydrogen-bond donors (Lipinski definition) is 0. The van der Waals surface area contributed by atoms with E-state index in [1.165, 1.54) is 6.92 Å². The molecule has 10 heavy (non-hydrogen) atoms. The molecule has 0 heterocycles. The molecule has 0 rings (SSSR count). The summed E-state index contributed by atoms with van der Waals surface area (Å²) >= 11 is 0. The molecular weight excluding hydrogens is 136 g/mol. The van der Waals surface area contributed by atoms with Gasteiger partial charge in [0.05, 0.1) is 13.5 Å². The fraction of sp³-hybridized carbons (Fsp3) is 0.600. The third-order valence-corrected chi connectivity index (χ3v) is 0.634. The summed E-state index contributed by atoms with van der Waals surface area (Å²) in [6, 6.07) is 0. The molecule has 5 heteroatoms. The second-order valence-electron chi connectivity index (χ2n) is 1.40. The van der Waals surface area contributed by atoms with Crippen molar-refractivity contribution in [1.29, 1.82) is 0 Å². The van der Waals surface area contributed by atoms with E-state index in [9.17, 15) is 4.79 Å². The van der Waals surface area contributed by atoms with Crippen LogP contribution in [0.1, 0.15) is 13.8 Å². The van der Waals surface area contributed by atoms with Crippen molar-refractivity contribution in [1.82, 2.24) is 0 Å². The average Bonchev–Trinajstić information content (AvgIpc) is 1.88. The van der Waals surface area contributed by atoms with Crippen molar-refractivity contribution in [3.8, 4) is 0 Å². The molecule has 5 nitrogen and oxygen atoms in total. The molecule has 0 fully saturated rings. The van der Waals surface area contributed by atoms with Gasteiger partial charge in [-0.05, 0) is 6.92 Å². The highest BCUT2D eigenvalue weighted by molar-refractivity contribution is 5.80.